The summed E-state index contributed by atoms with van der Waals surface area (Å²) in [5, 5.41) is 27.8. The number of carbonyl (C=O) groups is 2. The van der Waals surface area contributed by atoms with Crippen molar-refractivity contribution in [2.24, 2.45) is 0 Å². The molecule has 0 aliphatic heterocycles. The van der Waals surface area contributed by atoms with E-state index in [1.807, 2.05) is 10.9 Å². The van der Waals surface area contributed by atoms with Crippen molar-refractivity contribution in [2.45, 2.75) is 6.92 Å². The van der Waals surface area contributed by atoms with Gasteiger partial charge in [0.25, 0.3) is 23.2 Å². The number of nitro groups is 2. The van der Waals surface area contributed by atoms with Crippen molar-refractivity contribution >= 4 is 23.2 Å². The number of aromatic nitrogens is 2. The summed E-state index contributed by atoms with van der Waals surface area (Å²) in [6.07, 6.45) is 0. The molecule has 1 aromatic carbocycles. The fraction of sp³-hybridized carbons (Fsp3) is 0.0833. The van der Waals surface area contributed by atoms with E-state index in [1.165, 1.54) is 6.07 Å². The SMILES string of the molecule is Cc1cc(C(=O)NNC(=O)c2cc([N+](=O)[O-])cc([N+](=O)[O-])c2)n[nH]1. The number of rotatable bonds is 4. The first-order valence-corrected chi connectivity index (χ1v) is 6.34. The van der Waals surface area contributed by atoms with Gasteiger partial charge in [0.1, 0.15) is 0 Å². The van der Waals surface area contributed by atoms with Crippen LogP contribution in [0.15, 0.2) is 24.3 Å². The normalized spacial score (nSPS) is 10.0. The van der Waals surface area contributed by atoms with Crippen LogP contribution in [-0.2, 0) is 0 Å². The molecule has 0 fully saturated rings. The van der Waals surface area contributed by atoms with E-state index < -0.39 is 33.0 Å². The Hall–Kier alpha value is -3.83. The maximum absolute atomic E-state index is 11.9. The van der Waals surface area contributed by atoms with Gasteiger partial charge in [0.05, 0.1) is 21.5 Å². The molecule has 2 amide bonds. The van der Waals surface area contributed by atoms with Crippen molar-refractivity contribution in [2.75, 3.05) is 0 Å². The van der Waals surface area contributed by atoms with Crippen LogP contribution in [-0.4, -0.2) is 31.9 Å². The van der Waals surface area contributed by atoms with E-state index in [2.05, 4.69) is 10.2 Å². The largest absolute Gasteiger partial charge is 0.290 e. The van der Waals surface area contributed by atoms with E-state index >= 15 is 0 Å². The molecule has 24 heavy (non-hydrogen) atoms. The maximum Gasteiger partial charge on any atom is 0.290 e. The van der Waals surface area contributed by atoms with Crippen molar-refractivity contribution in [3.63, 3.8) is 0 Å². The number of H-pyrrole nitrogens is 1. The Bertz CT molecular complexity index is 812. The third kappa shape index (κ3) is 3.68. The molecule has 3 N–H and O–H groups in total. The fourth-order valence-corrected chi connectivity index (χ4v) is 1.72. The summed E-state index contributed by atoms with van der Waals surface area (Å²) in [5.41, 5.74) is 3.09. The highest BCUT2D eigenvalue weighted by Crippen LogP contribution is 2.22. The summed E-state index contributed by atoms with van der Waals surface area (Å²) in [5.74, 6) is -1.69. The lowest BCUT2D eigenvalue weighted by atomic mass is 10.1. The highest BCUT2D eigenvalue weighted by Gasteiger charge is 2.20. The van der Waals surface area contributed by atoms with Crippen LogP contribution >= 0.6 is 0 Å². The van der Waals surface area contributed by atoms with Gasteiger partial charge in [0.15, 0.2) is 5.69 Å². The summed E-state index contributed by atoms with van der Waals surface area (Å²) in [6, 6.07) is 3.86. The lowest BCUT2D eigenvalue weighted by Crippen LogP contribution is -2.41. The fourth-order valence-electron chi connectivity index (χ4n) is 1.72. The number of nitro benzene ring substituents is 2. The predicted molar refractivity (Wildman–Crippen MR) is 78.0 cm³/mol. The molecule has 1 heterocycles. The zero-order valence-corrected chi connectivity index (χ0v) is 12.1. The Kier molecular flexibility index (Phi) is 4.49. The molecule has 0 bridgehead atoms. The number of non-ortho nitro benzene ring substituents is 2. The van der Waals surface area contributed by atoms with E-state index in [0.29, 0.717) is 5.69 Å². The van der Waals surface area contributed by atoms with Crippen molar-refractivity contribution in [1.29, 1.82) is 0 Å². The highest BCUT2D eigenvalue weighted by molar-refractivity contribution is 5.99. The summed E-state index contributed by atoms with van der Waals surface area (Å²) >= 11 is 0. The number of nitrogens with zero attached hydrogens (tertiary/aromatic N) is 3. The second-order valence-corrected chi connectivity index (χ2v) is 4.60. The van der Waals surface area contributed by atoms with Crippen LogP contribution < -0.4 is 10.9 Å². The summed E-state index contributed by atoms with van der Waals surface area (Å²) in [6.45, 7) is 1.67. The summed E-state index contributed by atoms with van der Waals surface area (Å²) in [7, 11) is 0. The van der Waals surface area contributed by atoms with E-state index in [4.69, 9.17) is 0 Å². The number of carbonyl (C=O) groups excluding carboxylic acids is 2. The number of aromatic amines is 1. The first-order chi connectivity index (χ1) is 11.3. The first-order valence-electron chi connectivity index (χ1n) is 6.34. The molecule has 0 atom stereocenters. The number of aryl methyl sites for hydroxylation is 1. The van der Waals surface area contributed by atoms with E-state index in [-0.39, 0.29) is 11.3 Å². The van der Waals surface area contributed by atoms with Gasteiger partial charge in [-0.15, -0.1) is 0 Å². The molecule has 12 heteroatoms. The lowest BCUT2D eigenvalue weighted by Gasteiger charge is -2.06. The molecule has 0 saturated carbocycles. The molecule has 0 spiro atoms. The Morgan fingerprint density at radius 3 is 2.00 bits per heavy atom. The molecule has 0 radical (unpaired) electrons. The molecular formula is C12H10N6O6. The topological polar surface area (TPSA) is 173 Å². The number of hydrogen-bond acceptors (Lipinski definition) is 7. The minimum absolute atomic E-state index is 0.0119. The third-order valence-corrected chi connectivity index (χ3v) is 2.81. The van der Waals surface area contributed by atoms with Gasteiger partial charge in [0, 0.05) is 17.8 Å². The Morgan fingerprint density at radius 2 is 1.54 bits per heavy atom. The number of nitrogens with one attached hydrogen (secondary N) is 3. The van der Waals surface area contributed by atoms with E-state index in [0.717, 1.165) is 18.2 Å². The average Bonchev–Trinajstić information content (AvgIpc) is 2.98. The first kappa shape index (κ1) is 16.5. The molecule has 0 aliphatic carbocycles. The van der Waals surface area contributed by atoms with Gasteiger partial charge in [-0.05, 0) is 13.0 Å². The highest BCUT2D eigenvalue weighted by atomic mass is 16.6. The Labute approximate surface area is 133 Å². The predicted octanol–water partition coefficient (Wildman–Crippen LogP) is 0.609. The van der Waals surface area contributed by atoms with Crippen LogP contribution in [0.1, 0.15) is 26.5 Å². The van der Waals surface area contributed by atoms with Crippen molar-refractivity contribution in [3.05, 3.63) is 61.4 Å². The van der Waals surface area contributed by atoms with Gasteiger partial charge >= 0.3 is 0 Å². The van der Waals surface area contributed by atoms with Crippen molar-refractivity contribution in [3.8, 4) is 0 Å². The van der Waals surface area contributed by atoms with Gasteiger partial charge in [-0.3, -0.25) is 45.8 Å². The zero-order valence-electron chi connectivity index (χ0n) is 12.1. The summed E-state index contributed by atoms with van der Waals surface area (Å²) in [4.78, 5) is 43.5. The molecule has 124 valence electrons. The molecule has 2 rings (SSSR count). The second kappa shape index (κ2) is 6.51. The van der Waals surface area contributed by atoms with Crippen LogP contribution in [0.3, 0.4) is 0 Å². The maximum atomic E-state index is 11.9. The minimum atomic E-state index is -0.956. The molecule has 12 nitrogen and oxygen atoms in total. The van der Waals surface area contributed by atoms with Crippen molar-refractivity contribution in [1.82, 2.24) is 21.0 Å². The van der Waals surface area contributed by atoms with E-state index in [1.54, 1.807) is 6.92 Å². The molecule has 0 saturated heterocycles. The van der Waals surface area contributed by atoms with Crippen LogP contribution in [0.4, 0.5) is 11.4 Å². The average molecular weight is 334 g/mol. The number of hydrazine groups is 1. The van der Waals surface area contributed by atoms with E-state index in [9.17, 15) is 29.8 Å². The van der Waals surface area contributed by atoms with Gasteiger partial charge < -0.3 is 0 Å². The monoisotopic (exact) mass is 334 g/mol. The zero-order chi connectivity index (χ0) is 17.9. The quantitative estimate of drug-likeness (QED) is 0.542. The Morgan fingerprint density at radius 1 is 1.00 bits per heavy atom. The number of amides is 2. The van der Waals surface area contributed by atoms with Gasteiger partial charge in [-0.2, -0.15) is 5.10 Å². The van der Waals surface area contributed by atoms with Gasteiger partial charge in [0.2, 0.25) is 0 Å². The number of benzene rings is 1. The molecular weight excluding hydrogens is 324 g/mol. The minimum Gasteiger partial charge on any atom is -0.282 e. The second-order valence-electron chi connectivity index (χ2n) is 4.60. The molecule has 0 aliphatic rings. The van der Waals surface area contributed by atoms with Gasteiger partial charge in [-0.1, -0.05) is 0 Å². The van der Waals surface area contributed by atoms with Crippen LogP contribution in [0.5, 0.6) is 0 Å². The van der Waals surface area contributed by atoms with Crippen LogP contribution in [0.25, 0.3) is 0 Å². The molecule has 2 aromatic rings. The molecule has 0 unspecified atom stereocenters. The third-order valence-electron chi connectivity index (χ3n) is 2.81. The summed E-state index contributed by atoms with van der Waals surface area (Å²) < 4.78 is 0. The smallest absolute Gasteiger partial charge is 0.282 e. The standard InChI is InChI=1S/C12H10N6O6/c1-6-2-10(14-13-6)12(20)16-15-11(19)7-3-8(17(21)22)5-9(4-7)18(23)24/h2-5H,1H3,(H,13,14)(H,15,19)(H,16,20). The van der Waals surface area contributed by atoms with Crippen molar-refractivity contribution < 1.29 is 19.4 Å². The Balaban J connectivity index is 2.15. The lowest BCUT2D eigenvalue weighted by molar-refractivity contribution is -0.394. The van der Waals surface area contributed by atoms with Crippen LogP contribution in [0, 0.1) is 27.2 Å². The van der Waals surface area contributed by atoms with Gasteiger partial charge in [-0.25, -0.2) is 0 Å². The molecule has 1 aromatic heterocycles. The number of hydrogen-bond donors (Lipinski definition) is 3. The van der Waals surface area contributed by atoms with Crippen LogP contribution in [0.2, 0.25) is 0 Å².